The lowest BCUT2D eigenvalue weighted by molar-refractivity contribution is -0.137. The van der Waals surface area contributed by atoms with E-state index in [-0.39, 0.29) is 17.6 Å². The molecule has 1 heterocycles. The number of hydrogen-bond acceptors (Lipinski definition) is 5. The van der Waals surface area contributed by atoms with Crippen molar-refractivity contribution in [1.29, 1.82) is 0 Å². The zero-order valence-electron chi connectivity index (χ0n) is 10.0. The minimum atomic E-state index is -2.79. The summed E-state index contributed by atoms with van der Waals surface area (Å²) in [6.45, 7) is 3.35. The van der Waals surface area contributed by atoms with Crippen LogP contribution in [0, 0.1) is 5.92 Å². The third-order valence-electron chi connectivity index (χ3n) is 2.56. The second-order valence-electron chi connectivity index (χ2n) is 4.08. The van der Waals surface area contributed by atoms with Gasteiger partial charge in [0, 0.05) is 12.6 Å². The lowest BCUT2D eigenvalue weighted by Crippen LogP contribution is -2.23. The first-order valence-electron chi connectivity index (χ1n) is 5.78. The van der Waals surface area contributed by atoms with Gasteiger partial charge in [-0.3, -0.25) is 0 Å². The average molecular weight is 261 g/mol. The van der Waals surface area contributed by atoms with E-state index in [1.54, 1.807) is 13.0 Å². The molecule has 0 aromatic rings. The summed E-state index contributed by atoms with van der Waals surface area (Å²) in [7, 11) is -2.79. The summed E-state index contributed by atoms with van der Waals surface area (Å²) in [6.07, 6.45) is 3.79. The number of sulfone groups is 1. The van der Waals surface area contributed by atoms with Crippen LogP contribution in [0.5, 0.6) is 0 Å². The van der Waals surface area contributed by atoms with Crippen molar-refractivity contribution in [1.82, 2.24) is 5.32 Å². The van der Waals surface area contributed by atoms with Crippen molar-refractivity contribution in [3.05, 3.63) is 12.2 Å². The van der Waals surface area contributed by atoms with Gasteiger partial charge in [0.05, 0.1) is 18.1 Å². The van der Waals surface area contributed by atoms with Crippen molar-refractivity contribution >= 4 is 15.8 Å². The molecule has 98 valence electrons. The van der Waals surface area contributed by atoms with Crippen molar-refractivity contribution in [3.8, 4) is 0 Å². The van der Waals surface area contributed by atoms with Crippen LogP contribution in [0.4, 0.5) is 0 Å². The van der Waals surface area contributed by atoms with E-state index in [4.69, 9.17) is 4.74 Å². The van der Waals surface area contributed by atoms with Crippen LogP contribution >= 0.6 is 0 Å². The van der Waals surface area contributed by atoms with Gasteiger partial charge in [-0.05, 0) is 25.8 Å². The SMILES string of the molecule is CCOC(=O)/C=C/CNCC1CCS(=O)(=O)C1. The molecule has 1 unspecified atom stereocenters. The Morgan fingerprint density at radius 1 is 1.53 bits per heavy atom. The fourth-order valence-electron chi connectivity index (χ4n) is 1.75. The zero-order valence-corrected chi connectivity index (χ0v) is 10.8. The van der Waals surface area contributed by atoms with Crippen molar-refractivity contribution in [2.24, 2.45) is 5.92 Å². The first-order valence-corrected chi connectivity index (χ1v) is 7.60. The molecule has 0 spiro atoms. The highest BCUT2D eigenvalue weighted by Gasteiger charge is 2.26. The van der Waals surface area contributed by atoms with E-state index in [1.807, 2.05) is 0 Å². The molecule has 0 radical (unpaired) electrons. The quantitative estimate of drug-likeness (QED) is 0.418. The molecule has 1 fully saturated rings. The minimum Gasteiger partial charge on any atom is -0.463 e. The predicted molar refractivity (Wildman–Crippen MR) is 65.4 cm³/mol. The maximum Gasteiger partial charge on any atom is 0.330 e. The number of hydrogen-bond donors (Lipinski definition) is 1. The van der Waals surface area contributed by atoms with E-state index in [9.17, 15) is 13.2 Å². The van der Waals surface area contributed by atoms with Crippen LogP contribution in [0.3, 0.4) is 0 Å². The van der Waals surface area contributed by atoms with Crippen molar-refractivity contribution in [2.45, 2.75) is 13.3 Å². The highest BCUT2D eigenvalue weighted by molar-refractivity contribution is 7.91. The summed E-state index contributed by atoms with van der Waals surface area (Å²) in [6, 6.07) is 0. The Bertz CT molecular complexity index is 375. The molecule has 0 aliphatic carbocycles. The fraction of sp³-hybridized carbons (Fsp3) is 0.727. The summed E-state index contributed by atoms with van der Waals surface area (Å²) >= 11 is 0. The Hall–Kier alpha value is -0.880. The monoisotopic (exact) mass is 261 g/mol. The topological polar surface area (TPSA) is 72.5 Å². The molecule has 1 rings (SSSR count). The summed E-state index contributed by atoms with van der Waals surface area (Å²) in [5, 5.41) is 3.10. The molecule has 0 bridgehead atoms. The molecule has 1 saturated heterocycles. The van der Waals surface area contributed by atoms with Gasteiger partial charge in [-0.15, -0.1) is 0 Å². The summed E-state index contributed by atoms with van der Waals surface area (Å²) in [5.41, 5.74) is 0. The lowest BCUT2D eigenvalue weighted by atomic mass is 10.1. The van der Waals surface area contributed by atoms with Gasteiger partial charge < -0.3 is 10.1 Å². The van der Waals surface area contributed by atoms with E-state index in [1.165, 1.54) is 6.08 Å². The van der Waals surface area contributed by atoms with E-state index < -0.39 is 9.84 Å². The number of carbonyl (C=O) groups excluding carboxylic acids is 1. The van der Waals surface area contributed by atoms with E-state index in [0.29, 0.717) is 25.4 Å². The van der Waals surface area contributed by atoms with Gasteiger partial charge in [-0.2, -0.15) is 0 Å². The smallest absolute Gasteiger partial charge is 0.330 e. The van der Waals surface area contributed by atoms with Gasteiger partial charge in [-0.1, -0.05) is 6.08 Å². The molecule has 1 aliphatic heterocycles. The van der Waals surface area contributed by atoms with Gasteiger partial charge >= 0.3 is 5.97 Å². The normalized spacial score (nSPS) is 23.0. The number of ether oxygens (including phenoxy) is 1. The molecule has 0 aromatic heterocycles. The maximum absolute atomic E-state index is 11.2. The maximum atomic E-state index is 11.2. The highest BCUT2D eigenvalue weighted by Crippen LogP contribution is 2.17. The second kappa shape index (κ2) is 6.76. The zero-order chi connectivity index (χ0) is 12.7. The Morgan fingerprint density at radius 3 is 2.88 bits per heavy atom. The molecule has 0 saturated carbocycles. The van der Waals surface area contributed by atoms with Crippen molar-refractivity contribution in [3.63, 3.8) is 0 Å². The van der Waals surface area contributed by atoms with Crippen LogP contribution in [0.1, 0.15) is 13.3 Å². The number of nitrogens with one attached hydrogen (secondary N) is 1. The molecular weight excluding hydrogens is 242 g/mol. The Balaban J connectivity index is 2.11. The van der Waals surface area contributed by atoms with Crippen LogP contribution in [0.2, 0.25) is 0 Å². The molecule has 1 aliphatic rings. The molecule has 0 amide bonds. The lowest BCUT2D eigenvalue weighted by Gasteiger charge is -2.06. The largest absolute Gasteiger partial charge is 0.463 e. The molecule has 0 aromatic carbocycles. The van der Waals surface area contributed by atoms with Crippen LogP contribution in [0.15, 0.2) is 12.2 Å². The van der Waals surface area contributed by atoms with E-state index in [2.05, 4.69) is 5.32 Å². The Morgan fingerprint density at radius 2 is 2.29 bits per heavy atom. The Kier molecular flexibility index (Phi) is 5.64. The predicted octanol–water partition coefficient (Wildman–Crippen LogP) is 0.130. The van der Waals surface area contributed by atoms with Crippen LogP contribution in [-0.2, 0) is 19.4 Å². The third-order valence-corrected chi connectivity index (χ3v) is 4.40. The van der Waals surface area contributed by atoms with Gasteiger partial charge in [-0.25, -0.2) is 13.2 Å². The van der Waals surface area contributed by atoms with Crippen LogP contribution in [-0.4, -0.2) is 45.6 Å². The van der Waals surface area contributed by atoms with Crippen LogP contribution in [0.25, 0.3) is 0 Å². The first kappa shape index (κ1) is 14.2. The van der Waals surface area contributed by atoms with Gasteiger partial charge in [0.15, 0.2) is 9.84 Å². The Labute approximate surface area is 102 Å². The van der Waals surface area contributed by atoms with Crippen molar-refractivity contribution < 1.29 is 17.9 Å². The van der Waals surface area contributed by atoms with Gasteiger partial charge in [0.1, 0.15) is 0 Å². The molecule has 1 N–H and O–H groups in total. The average Bonchev–Trinajstić information content (AvgIpc) is 2.58. The fourth-order valence-corrected chi connectivity index (χ4v) is 3.61. The second-order valence-corrected chi connectivity index (χ2v) is 6.31. The molecule has 6 heteroatoms. The number of esters is 1. The summed E-state index contributed by atoms with van der Waals surface area (Å²) in [4.78, 5) is 10.9. The molecule has 1 atom stereocenters. The standard InChI is InChI=1S/C11H19NO4S/c1-2-16-11(13)4-3-6-12-8-10-5-7-17(14,15)9-10/h3-4,10,12H,2,5-9H2,1H3/b4-3+. The minimum absolute atomic E-state index is 0.205. The summed E-state index contributed by atoms with van der Waals surface area (Å²) < 4.78 is 27.1. The molecular formula is C11H19NO4S. The summed E-state index contributed by atoms with van der Waals surface area (Å²) in [5.74, 6) is 0.438. The van der Waals surface area contributed by atoms with Crippen molar-refractivity contribution in [2.75, 3.05) is 31.2 Å². The van der Waals surface area contributed by atoms with Gasteiger partial charge in [0.25, 0.3) is 0 Å². The van der Waals surface area contributed by atoms with E-state index in [0.717, 1.165) is 6.42 Å². The number of rotatable bonds is 6. The highest BCUT2D eigenvalue weighted by atomic mass is 32.2. The molecule has 5 nitrogen and oxygen atoms in total. The molecule has 17 heavy (non-hydrogen) atoms. The number of carbonyl (C=O) groups is 1. The van der Waals surface area contributed by atoms with Crippen LogP contribution < -0.4 is 5.32 Å². The first-order chi connectivity index (χ1) is 8.03. The third kappa shape index (κ3) is 5.83. The van der Waals surface area contributed by atoms with Gasteiger partial charge in [0.2, 0.25) is 0 Å². The van der Waals surface area contributed by atoms with E-state index >= 15 is 0 Å².